The Morgan fingerprint density at radius 1 is 1.03 bits per heavy atom. The number of ether oxygens (including phenoxy) is 2. The second kappa shape index (κ2) is 9.34. The van der Waals surface area contributed by atoms with Gasteiger partial charge in [0.1, 0.15) is 12.4 Å². The summed E-state index contributed by atoms with van der Waals surface area (Å²) in [5.74, 6) is -0.295. The highest BCUT2D eigenvalue weighted by molar-refractivity contribution is 7.92. The molecule has 9 heteroatoms. The molecule has 1 aliphatic heterocycles. The van der Waals surface area contributed by atoms with Crippen LogP contribution in [0.5, 0.6) is 11.5 Å². The van der Waals surface area contributed by atoms with Crippen molar-refractivity contribution in [3.05, 3.63) is 78.1 Å². The van der Waals surface area contributed by atoms with E-state index in [0.717, 1.165) is 27.7 Å². The van der Waals surface area contributed by atoms with Gasteiger partial charge in [0, 0.05) is 17.8 Å². The van der Waals surface area contributed by atoms with E-state index in [1.54, 1.807) is 4.90 Å². The van der Waals surface area contributed by atoms with Gasteiger partial charge in [0.2, 0.25) is 5.91 Å². The Kier molecular flexibility index (Phi) is 6.47. The number of halogens is 1. The number of nitrogens with zero attached hydrogens (tertiary/aromatic N) is 2. The van der Waals surface area contributed by atoms with Crippen LogP contribution < -0.4 is 18.7 Å². The van der Waals surface area contributed by atoms with Crippen molar-refractivity contribution in [3.63, 3.8) is 0 Å². The van der Waals surface area contributed by atoms with Gasteiger partial charge in [-0.05, 0) is 61.4 Å². The molecular formula is C25H25FN2O5S. The first-order valence-corrected chi connectivity index (χ1v) is 12.1. The lowest BCUT2D eigenvalue weighted by molar-refractivity contribution is -0.117. The first kappa shape index (κ1) is 23.6. The second-order valence-electron chi connectivity index (χ2n) is 7.95. The summed E-state index contributed by atoms with van der Waals surface area (Å²) in [6.07, 6.45) is 0.681. The Morgan fingerprint density at radius 3 is 2.38 bits per heavy atom. The molecule has 3 aromatic carbocycles. The molecule has 1 atom stereocenters. The van der Waals surface area contributed by atoms with E-state index >= 15 is 0 Å². The molecule has 0 fully saturated rings. The Morgan fingerprint density at radius 2 is 1.71 bits per heavy atom. The van der Waals surface area contributed by atoms with Crippen LogP contribution in [0, 0.1) is 5.82 Å². The van der Waals surface area contributed by atoms with Gasteiger partial charge in [0.25, 0.3) is 10.0 Å². The van der Waals surface area contributed by atoms with Crippen molar-refractivity contribution in [2.75, 3.05) is 30.0 Å². The highest BCUT2D eigenvalue weighted by atomic mass is 32.2. The second-order valence-corrected chi connectivity index (χ2v) is 9.81. The quantitative estimate of drug-likeness (QED) is 0.506. The standard InChI is InChI=1S/C25H25FN2O5S/c1-17-14-18-6-4-5-7-22(18)28(17)25(29)16-27(20-10-8-19(26)9-11-20)34(30,31)21-12-13-23(32-2)24(15-21)33-3/h4-13,15,17H,14,16H2,1-3H3/t17-/m0/s1. The highest BCUT2D eigenvalue weighted by Gasteiger charge is 2.35. The third-order valence-electron chi connectivity index (χ3n) is 5.81. The summed E-state index contributed by atoms with van der Waals surface area (Å²) in [6, 6.07) is 16.6. The van der Waals surface area contributed by atoms with E-state index in [1.165, 1.54) is 44.6 Å². The van der Waals surface area contributed by atoms with Crippen LogP contribution in [-0.2, 0) is 21.2 Å². The number of benzene rings is 3. The maximum Gasteiger partial charge on any atom is 0.264 e. The summed E-state index contributed by atoms with van der Waals surface area (Å²) in [5, 5.41) is 0. The summed E-state index contributed by atoms with van der Waals surface area (Å²) in [7, 11) is -1.36. The number of hydrogen-bond donors (Lipinski definition) is 0. The molecule has 1 heterocycles. The van der Waals surface area contributed by atoms with Crippen molar-refractivity contribution in [3.8, 4) is 11.5 Å². The molecule has 0 saturated heterocycles. The summed E-state index contributed by atoms with van der Waals surface area (Å²) in [5.41, 5.74) is 1.96. The van der Waals surface area contributed by atoms with Crippen molar-refractivity contribution < 1.29 is 27.1 Å². The molecule has 7 nitrogen and oxygen atoms in total. The molecule has 0 spiro atoms. The SMILES string of the molecule is COc1ccc(S(=O)(=O)N(CC(=O)N2c3ccccc3C[C@@H]2C)c2ccc(F)cc2)cc1OC. The van der Waals surface area contributed by atoms with Gasteiger partial charge in [-0.2, -0.15) is 0 Å². The average molecular weight is 485 g/mol. The molecule has 1 aliphatic rings. The number of carbonyl (C=O) groups is 1. The fourth-order valence-electron chi connectivity index (χ4n) is 4.17. The third-order valence-corrected chi connectivity index (χ3v) is 7.58. The molecule has 1 amide bonds. The van der Waals surface area contributed by atoms with Crippen molar-refractivity contribution in [1.82, 2.24) is 0 Å². The van der Waals surface area contributed by atoms with Crippen molar-refractivity contribution in [2.45, 2.75) is 24.3 Å². The molecule has 4 rings (SSSR count). The fourth-order valence-corrected chi connectivity index (χ4v) is 5.60. The zero-order valence-electron chi connectivity index (χ0n) is 19.1. The Balaban J connectivity index is 1.75. The lowest BCUT2D eigenvalue weighted by Crippen LogP contribution is -2.45. The monoisotopic (exact) mass is 484 g/mol. The summed E-state index contributed by atoms with van der Waals surface area (Å²) in [6.45, 7) is 1.46. The Labute approximate surface area is 198 Å². The van der Waals surface area contributed by atoms with Crippen LogP contribution in [0.1, 0.15) is 12.5 Å². The zero-order chi connectivity index (χ0) is 24.5. The highest BCUT2D eigenvalue weighted by Crippen LogP contribution is 2.34. The first-order valence-electron chi connectivity index (χ1n) is 10.7. The smallest absolute Gasteiger partial charge is 0.264 e. The van der Waals surface area contributed by atoms with E-state index in [2.05, 4.69) is 0 Å². The number of rotatable bonds is 7. The van der Waals surface area contributed by atoms with Gasteiger partial charge in [-0.15, -0.1) is 0 Å². The van der Waals surface area contributed by atoms with Gasteiger partial charge >= 0.3 is 0 Å². The van der Waals surface area contributed by atoms with Crippen molar-refractivity contribution in [1.29, 1.82) is 0 Å². The van der Waals surface area contributed by atoms with Gasteiger partial charge < -0.3 is 14.4 Å². The van der Waals surface area contributed by atoms with Gasteiger partial charge in [-0.3, -0.25) is 9.10 Å². The van der Waals surface area contributed by atoms with Gasteiger partial charge in [-0.1, -0.05) is 18.2 Å². The molecule has 0 radical (unpaired) electrons. The lowest BCUT2D eigenvalue weighted by atomic mass is 10.1. The normalized spacial score (nSPS) is 15.1. The largest absolute Gasteiger partial charge is 0.493 e. The maximum atomic E-state index is 13.7. The van der Waals surface area contributed by atoms with E-state index < -0.39 is 22.4 Å². The summed E-state index contributed by atoms with van der Waals surface area (Å²) in [4.78, 5) is 15.0. The molecule has 3 aromatic rings. The molecule has 0 bridgehead atoms. The minimum Gasteiger partial charge on any atom is -0.493 e. The topological polar surface area (TPSA) is 76.2 Å². The van der Waals surface area contributed by atoms with Gasteiger partial charge in [0.15, 0.2) is 11.5 Å². The zero-order valence-corrected chi connectivity index (χ0v) is 19.9. The Hall–Kier alpha value is -3.59. The maximum absolute atomic E-state index is 13.7. The first-order chi connectivity index (χ1) is 16.3. The van der Waals surface area contributed by atoms with Gasteiger partial charge in [-0.25, -0.2) is 12.8 Å². The van der Waals surface area contributed by atoms with Crippen LogP contribution in [0.4, 0.5) is 15.8 Å². The molecule has 178 valence electrons. The number of amides is 1. The van der Waals surface area contributed by atoms with Crippen LogP contribution in [0.3, 0.4) is 0 Å². The van der Waals surface area contributed by atoms with Crippen LogP contribution in [0.25, 0.3) is 0 Å². The van der Waals surface area contributed by atoms with Gasteiger partial charge in [0.05, 0.1) is 24.8 Å². The number of fused-ring (bicyclic) bond motifs is 1. The van der Waals surface area contributed by atoms with Crippen molar-refractivity contribution in [2.24, 2.45) is 0 Å². The number of carbonyl (C=O) groups excluding carboxylic acids is 1. The average Bonchev–Trinajstić information content (AvgIpc) is 3.18. The number of sulfonamides is 1. The number of anilines is 2. The Bertz CT molecular complexity index is 1310. The summed E-state index contributed by atoms with van der Waals surface area (Å²) < 4.78 is 52.5. The lowest BCUT2D eigenvalue weighted by Gasteiger charge is -2.29. The van der Waals surface area contributed by atoms with E-state index in [0.29, 0.717) is 12.2 Å². The van der Waals surface area contributed by atoms with Crippen molar-refractivity contribution >= 4 is 27.3 Å². The molecule has 34 heavy (non-hydrogen) atoms. The van der Waals surface area contributed by atoms with E-state index in [4.69, 9.17) is 9.47 Å². The number of methoxy groups -OCH3 is 2. The number of para-hydroxylation sites is 1. The van der Waals surface area contributed by atoms with E-state index in [-0.39, 0.29) is 28.3 Å². The predicted molar refractivity (Wildman–Crippen MR) is 128 cm³/mol. The summed E-state index contributed by atoms with van der Waals surface area (Å²) >= 11 is 0. The van der Waals surface area contributed by atoms with Crippen LogP contribution in [0.15, 0.2) is 71.6 Å². The molecular weight excluding hydrogens is 459 g/mol. The van der Waals surface area contributed by atoms with Crippen LogP contribution in [0.2, 0.25) is 0 Å². The predicted octanol–water partition coefficient (Wildman–Crippen LogP) is 4.02. The third kappa shape index (κ3) is 4.31. The van der Waals surface area contributed by atoms with Crippen LogP contribution >= 0.6 is 0 Å². The molecule has 0 N–H and O–H groups in total. The minimum absolute atomic E-state index is 0.0860. The van der Waals surface area contributed by atoms with E-state index in [1.807, 2.05) is 31.2 Å². The molecule has 0 aromatic heterocycles. The fraction of sp³-hybridized carbons (Fsp3) is 0.240. The van der Waals surface area contributed by atoms with E-state index in [9.17, 15) is 17.6 Å². The number of hydrogen-bond acceptors (Lipinski definition) is 5. The molecule has 0 unspecified atom stereocenters. The van der Waals surface area contributed by atoms with Crippen LogP contribution in [-0.4, -0.2) is 41.1 Å². The molecule has 0 saturated carbocycles. The minimum atomic E-state index is -4.22. The molecule has 0 aliphatic carbocycles.